The van der Waals surface area contributed by atoms with E-state index in [1.165, 1.54) is 4.88 Å². The third kappa shape index (κ3) is 3.96. The number of nitrogens with zero attached hydrogens (tertiary/aromatic N) is 1. The van der Waals surface area contributed by atoms with Crippen molar-refractivity contribution in [2.45, 2.75) is 19.3 Å². The molecule has 1 atom stereocenters. The highest BCUT2D eigenvalue weighted by Crippen LogP contribution is 2.16. The van der Waals surface area contributed by atoms with Crippen LogP contribution in [0.3, 0.4) is 0 Å². The number of carbonyl (C=O) groups is 2. The number of thiophene rings is 1. The Kier molecular flexibility index (Phi) is 4.79. The number of nitrogens with one attached hydrogen (secondary N) is 1. The van der Waals surface area contributed by atoms with E-state index in [9.17, 15) is 9.59 Å². The van der Waals surface area contributed by atoms with Gasteiger partial charge in [-0.3, -0.25) is 4.79 Å². The lowest BCUT2D eigenvalue weighted by atomic mass is 9.98. The molecule has 0 spiro atoms. The number of likely N-dealkylation sites (tertiary alicyclic amines) is 1. The first-order valence-electron chi connectivity index (χ1n) is 6.51. The molecular formula is C13H19N3O2S. The fraction of sp³-hybridized carbons (Fsp3) is 0.538. The van der Waals surface area contributed by atoms with Gasteiger partial charge in [0.25, 0.3) is 0 Å². The highest BCUT2D eigenvalue weighted by atomic mass is 32.1. The van der Waals surface area contributed by atoms with Gasteiger partial charge >= 0.3 is 6.03 Å². The van der Waals surface area contributed by atoms with Crippen molar-refractivity contribution in [1.29, 1.82) is 0 Å². The Balaban J connectivity index is 1.74. The zero-order valence-corrected chi connectivity index (χ0v) is 11.6. The summed E-state index contributed by atoms with van der Waals surface area (Å²) in [6.07, 6.45) is 2.47. The van der Waals surface area contributed by atoms with E-state index < -0.39 is 0 Å². The second kappa shape index (κ2) is 6.56. The topological polar surface area (TPSA) is 75.4 Å². The lowest BCUT2D eigenvalue weighted by Gasteiger charge is -2.31. The van der Waals surface area contributed by atoms with Gasteiger partial charge in [-0.15, -0.1) is 11.3 Å². The summed E-state index contributed by atoms with van der Waals surface area (Å²) < 4.78 is 0. The smallest absolute Gasteiger partial charge is 0.317 e. The van der Waals surface area contributed by atoms with Gasteiger partial charge in [0.1, 0.15) is 0 Å². The quantitative estimate of drug-likeness (QED) is 0.870. The van der Waals surface area contributed by atoms with E-state index in [4.69, 9.17) is 5.73 Å². The second-order valence-electron chi connectivity index (χ2n) is 4.75. The summed E-state index contributed by atoms with van der Waals surface area (Å²) in [5.74, 6) is -0.507. The number of urea groups is 1. The zero-order chi connectivity index (χ0) is 13.7. The monoisotopic (exact) mass is 281 g/mol. The van der Waals surface area contributed by atoms with E-state index in [2.05, 4.69) is 11.4 Å². The molecule has 5 nitrogen and oxygen atoms in total. The van der Waals surface area contributed by atoms with Crippen LogP contribution in [0.25, 0.3) is 0 Å². The number of carbonyl (C=O) groups excluding carboxylic acids is 2. The van der Waals surface area contributed by atoms with Crippen molar-refractivity contribution >= 4 is 23.3 Å². The Hall–Kier alpha value is -1.56. The molecule has 1 fully saturated rings. The molecule has 104 valence electrons. The van der Waals surface area contributed by atoms with Gasteiger partial charge < -0.3 is 16.0 Å². The van der Waals surface area contributed by atoms with Crippen molar-refractivity contribution in [1.82, 2.24) is 10.2 Å². The van der Waals surface area contributed by atoms with Crippen LogP contribution >= 0.6 is 11.3 Å². The Morgan fingerprint density at radius 2 is 2.37 bits per heavy atom. The van der Waals surface area contributed by atoms with E-state index in [1.807, 2.05) is 11.4 Å². The minimum Gasteiger partial charge on any atom is -0.369 e. The third-order valence-electron chi connectivity index (χ3n) is 3.34. The largest absolute Gasteiger partial charge is 0.369 e. The van der Waals surface area contributed by atoms with Gasteiger partial charge in [-0.25, -0.2) is 4.79 Å². The molecule has 6 heteroatoms. The maximum Gasteiger partial charge on any atom is 0.317 e. The van der Waals surface area contributed by atoms with Crippen LogP contribution in [0, 0.1) is 5.92 Å². The fourth-order valence-corrected chi connectivity index (χ4v) is 2.96. The number of amides is 3. The molecule has 0 aromatic carbocycles. The van der Waals surface area contributed by atoms with Crippen LogP contribution in [0.5, 0.6) is 0 Å². The third-order valence-corrected chi connectivity index (χ3v) is 4.27. The van der Waals surface area contributed by atoms with E-state index in [-0.39, 0.29) is 17.9 Å². The maximum absolute atomic E-state index is 12.0. The summed E-state index contributed by atoms with van der Waals surface area (Å²) >= 11 is 1.69. The Morgan fingerprint density at radius 3 is 3.05 bits per heavy atom. The zero-order valence-electron chi connectivity index (χ0n) is 10.8. The molecule has 1 saturated heterocycles. The SMILES string of the molecule is NC(=O)[C@@H]1CCCN(C(=O)NCCc2cccs2)C1. The van der Waals surface area contributed by atoms with Gasteiger partial charge in [-0.05, 0) is 30.7 Å². The highest BCUT2D eigenvalue weighted by Gasteiger charge is 2.26. The minimum absolute atomic E-state index is 0.0949. The van der Waals surface area contributed by atoms with Crippen LogP contribution in [0.4, 0.5) is 4.79 Å². The molecule has 0 unspecified atom stereocenters. The number of nitrogens with two attached hydrogens (primary N) is 1. The van der Waals surface area contributed by atoms with Crippen LogP contribution in [-0.2, 0) is 11.2 Å². The van der Waals surface area contributed by atoms with Gasteiger partial charge in [-0.2, -0.15) is 0 Å². The molecule has 19 heavy (non-hydrogen) atoms. The van der Waals surface area contributed by atoms with Crippen molar-refractivity contribution in [3.63, 3.8) is 0 Å². The number of hydrogen-bond donors (Lipinski definition) is 2. The van der Waals surface area contributed by atoms with Crippen molar-refractivity contribution in [3.8, 4) is 0 Å². The maximum atomic E-state index is 12.0. The molecular weight excluding hydrogens is 262 g/mol. The molecule has 3 amide bonds. The molecule has 1 aliphatic rings. The molecule has 0 radical (unpaired) electrons. The van der Waals surface area contributed by atoms with E-state index in [0.29, 0.717) is 19.6 Å². The Bertz CT molecular complexity index is 433. The number of hydrogen-bond acceptors (Lipinski definition) is 3. The van der Waals surface area contributed by atoms with Crippen LogP contribution in [0.1, 0.15) is 17.7 Å². The predicted octanol–water partition coefficient (Wildman–Crippen LogP) is 1.20. The standard InChI is InChI=1S/C13H19N3O2S/c14-12(17)10-3-1-7-16(9-10)13(18)15-6-5-11-4-2-8-19-11/h2,4,8,10H,1,3,5-7,9H2,(H2,14,17)(H,15,18)/t10-/m1/s1. The lowest BCUT2D eigenvalue weighted by Crippen LogP contribution is -2.48. The Labute approximate surface area is 116 Å². The first-order chi connectivity index (χ1) is 9.16. The van der Waals surface area contributed by atoms with Crippen molar-refractivity contribution in [3.05, 3.63) is 22.4 Å². The average Bonchev–Trinajstić information content (AvgIpc) is 2.92. The van der Waals surface area contributed by atoms with E-state index in [0.717, 1.165) is 19.3 Å². The minimum atomic E-state index is -0.309. The predicted molar refractivity (Wildman–Crippen MR) is 74.9 cm³/mol. The normalized spacial score (nSPS) is 19.2. The molecule has 2 heterocycles. The summed E-state index contributed by atoms with van der Waals surface area (Å²) in [5, 5.41) is 4.92. The van der Waals surface area contributed by atoms with Gasteiger partial charge in [0, 0.05) is 24.5 Å². The lowest BCUT2D eigenvalue weighted by molar-refractivity contribution is -0.123. The van der Waals surface area contributed by atoms with Crippen LogP contribution < -0.4 is 11.1 Å². The summed E-state index contributed by atoms with van der Waals surface area (Å²) in [5.41, 5.74) is 5.30. The van der Waals surface area contributed by atoms with Gasteiger partial charge in [0.2, 0.25) is 5.91 Å². The second-order valence-corrected chi connectivity index (χ2v) is 5.78. The summed E-state index contributed by atoms with van der Waals surface area (Å²) in [6.45, 7) is 1.77. The first-order valence-corrected chi connectivity index (χ1v) is 7.39. The van der Waals surface area contributed by atoms with Gasteiger partial charge in [0.05, 0.1) is 5.92 Å². The average molecular weight is 281 g/mol. The molecule has 0 saturated carbocycles. The molecule has 3 N–H and O–H groups in total. The van der Waals surface area contributed by atoms with E-state index >= 15 is 0 Å². The molecule has 1 aromatic heterocycles. The molecule has 1 aromatic rings. The molecule has 0 aliphatic carbocycles. The molecule has 1 aliphatic heterocycles. The van der Waals surface area contributed by atoms with Crippen molar-refractivity contribution in [2.75, 3.05) is 19.6 Å². The van der Waals surface area contributed by atoms with E-state index in [1.54, 1.807) is 16.2 Å². The van der Waals surface area contributed by atoms with Crippen molar-refractivity contribution < 1.29 is 9.59 Å². The van der Waals surface area contributed by atoms with Crippen LogP contribution in [0.2, 0.25) is 0 Å². The highest BCUT2D eigenvalue weighted by molar-refractivity contribution is 7.09. The first kappa shape index (κ1) is 13.9. The van der Waals surface area contributed by atoms with Crippen LogP contribution in [0.15, 0.2) is 17.5 Å². The molecule has 0 bridgehead atoms. The summed E-state index contributed by atoms with van der Waals surface area (Å²) in [4.78, 5) is 26.1. The van der Waals surface area contributed by atoms with Crippen LogP contribution in [-0.4, -0.2) is 36.5 Å². The molecule has 2 rings (SSSR count). The van der Waals surface area contributed by atoms with Crippen molar-refractivity contribution in [2.24, 2.45) is 11.7 Å². The number of piperidine rings is 1. The Morgan fingerprint density at radius 1 is 1.53 bits per heavy atom. The summed E-state index contributed by atoms with van der Waals surface area (Å²) in [7, 11) is 0. The summed E-state index contributed by atoms with van der Waals surface area (Å²) in [6, 6.07) is 3.97. The number of rotatable bonds is 4. The fourth-order valence-electron chi connectivity index (χ4n) is 2.25. The van der Waals surface area contributed by atoms with Gasteiger partial charge in [-0.1, -0.05) is 6.07 Å². The number of primary amides is 1. The van der Waals surface area contributed by atoms with Gasteiger partial charge in [0.15, 0.2) is 0 Å².